The molecular weight excluding hydrogens is 535 g/mol. The Morgan fingerprint density at radius 1 is 1.11 bits per heavy atom. The maximum absolute atomic E-state index is 11.8. The number of nitrogens with zero attached hydrogens (tertiary/aromatic N) is 2. The average Bonchev–Trinajstić information content (AvgIpc) is 3.63. The zero-order chi connectivity index (χ0) is 26.5. The zero-order valence-electron chi connectivity index (χ0n) is 20.4. The summed E-state index contributed by atoms with van der Waals surface area (Å²) in [5.41, 5.74) is 1.84. The summed E-state index contributed by atoms with van der Waals surface area (Å²) in [4.78, 5) is 15.0. The van der Waals surface area contributed by atoms with Gasteiger partial charge in [-0.25, -0.2) is 0 Å². The van der Waals surface area contributed by atoms with Crippen molar-refractivity contribution in [3.05, 3.63) is 69.7 Å². The van der Waals surface area contributed by atoms with Gasteiger partial charge in [0, 0.05) is 48.5 Å². The molecule has 4 rings (SSSR count). The third-order valence-corrected chi connectivity index (χ3v) is 8.22. The Labute approximate surface area is 230 Å². The van der Waals surface area contributed by atoms with E-state index in [4.69, 9.17) is 27.9 Å². The van der Waals surface area contributed by atoms with Crippen LogP contribution in [0.1, 0.15) is 36.4 Å². The Bertz CT molecular complexity index is 1230. The number of hydrogen-bond acceptors (Lipinski definition) is 6. The van der Waals surface area contributed by atoms with Gasteiger partial charge in [0.15, 0.2) is 11.8 Å². The van der Waals surface area contributed by atoms with Crippen molar-refractivity contribution in [2.45, 2.75) is 43.3 Å². The summed E-state index contributed by atoms with van der Waals surface area (Å²) in [5, 5.41) is 30.2. The molecule has 3 N–H and O–H groups in total. The van der Waals surface area contributed by atoms with Crippen molar-refractivity contribution in [3.63, 3.8) is 0 Å². The fourth-order valence-electron chi connectivity index (χ4n) is 4.36. The monoisotopic (exact) mass is 564 g/mol. The Balaban J connectivity index is 1.52. The van der Waals surface area contributed by atoms with Crippen LogP contribution in [0.3, 0.4) is 0 Å². The van der Waals surface area contributed by atoms with Crippen molar-refractivity contribution >= 4 is 40.9 Å². The van der Waals surface area contributed by atoms with Crippen molar-refractivity contribution in [2.24, 2.45) is 5.92 Å². The smallest absolute Gasteiger partial charge is 0.305 e. The van der Waals surface area contributed by atoms with E-state index in [2.05, 4.69) is 4.90 Å². The van der Waals surface area contributed by atoms with E-state index in [1.54, 1.807) is 31.0 Å². The summed E-state index contributed by atoms with van der Waals surface area (Å²) in [5.74, 6) is 1.07. The number of carboxylic acid groups (broad SMARTS) is 1. The van der Waals surface area contributed by atoms with Crippen LogP contribution in [0.2, 0.25) is 10.0 Å². The number of rotatable bonds is 13. The van der Waals surface area contributed by atoms with E-state index in [-0.39, 0.29) is 24.2 Å². The quantitative estimate of drug-likeness (QED) is 0.206. The van der Waals surface area contributed by atoms with E-state index in [1.165, 1.54) is 16.7 Å². The van der Waals surface area contributed by atoms with Crippen molar-refractivity contribution in [1.82, 2.24) is 9.47 Å². The van der Waals surface area contributed by atoms with Gasteiger partial charge in [-0.1, -0.05) is 35.3 Å². The summed E-state index contributed by atoms with van der Waals surface area (Å²) >= 11 is 14.0. The normalized spacial score (nSPS) is 14.2. The van der Waals surface area contributed by atoms with Gasteiger partial charge < -0.3 is 20.1 Å². The molecule has 1 unspecified atom stereocenters. The summed E-state index contributed by atoms with van der Waals surface area (Å²) < 4.78 is 7.10. The molecule has 198 valence electrons. The second kappa shape index (κ2) is 12.3. The molecule has 10 heteroatoms. The molecule has 0 amide bonds. The Morgan fingerprint density at radius 2 is 1.84 bits per heavy atom. The number of aliphatic carboxylic acids is 1. The first-order chi connectivity index (χ1) is 17.7. The van der Waals surface area contributed by atoms with Gasteiger partial charge in [0.2, 0.25) is 0 Å². The van der Waals surface area contributed by atoms with Gasteiger partial charge in [-0.15, -0.1) is 11.8 Å². The van der Waals surface area contributed by atoms with Gasteiger partial charge in [-0.05, 0) is 54.2 Å². The maximum Gasteiger partial charge on any atom is 0.305 e. The van der Waals surface area contributed by atoms with E-state index in [9.17, 15) is 20.1 Å². The van der Waals surface area contributed by atoms with Crippen LogP contribution < -0.4 is 4.74 Å². The Morgan fingerprint density at radius 3 is 2.46 bits per heavy atom. The molecule has 1 fully saturated rings. The molecule has 1 aromatic heterocycles. The highest BCUT2D eigenvalue weighted by molar-refractivity contribution is 7.99. The van der Waals surface area contributed by atoms with Gasteiger partial charge in [-0.2, -0.15) is 0 Å². The molecule has 2 aromatic carbocycles. The van der Waals surface area contributed by atoms with Crippen LogP contribution in [0, 0.1) is 5.92 Å². The molecule has 1 aliphatic rings. The lowest BCUT2D eigenvalue weighted by atomic mass is 10.0. The molecule has 3 aromatic rings. The fourth-order valence-corrected chi connectivity index (χ4v) is 5.61. The molecule has 7 nitrogen and oxygen atoms in total. The number of aromatic nitrogens is 1. The number of aromatic hydroxyl groups is 2. The minimum Gasteiger partial charge on any atom is -0.496 e. The molecule has 37 heavy (non-hydrogen) atoms. The molecule has 1 heterocycles. The second-order valence-corrected chi connectivity index (χ2v) is 11.1. The van der Waals surface area contributed by atoms with Crippen LogP contribution >= 0.6 is 35.0 Å². The molecule has 0 aliphatic heterocycles. The minimum atomic E-state index is -0.874. The van der Waals surface area contributed by atoms with Crippen LogP contribution in [-0.4, -0.2) is 50.2 Å². The van der Waals surface area contributed by atoms with Gasteiger partial charge in [0.1, 0.15) is 5.75 Å². The average molecular weight is 566 g/mol. The standard InChI is InChI=1S/C27H30Cl2N2O5S/c1-36-23-12-18(4-7-24(23)37-11-10-31-25(32)8-9-26(31)33)16-30(15-17-2-3-17)22(14-27(34)35)19-5-6-20(28)21(29)13-19/h4-9,12-13,17,22,32-33H,2-3,10-11,14-16H2,1H3,(H,34,35). The molecule has 1 atom stereocenters. The van der Waals surface area contributed by atoms with Crippen LogP contribution in [0.25, 0.3) is 0 Å². The molecule has 0 bridgehead atoms. The van der Waals surface area contributed by atoms with Crippen molar-refractivity contribution in [2.75, 3.05) is 19.4 Å². The largest absolute Gasteiger partial charge is 0.496 e. The summed E-state index contributed by atoms with van der Waals surface area (Å²) in [6, 6.07) is 13.9. The van der Waals surface area contributed by atoms with Crippen molar-refractivity contribution in [1.29, 1.82) is 0 Å². The van der Waals surface area contributed by atoms with E-state index < -0.39 is 5.97 Å². The topological polar surface area (TPSA) is 95.2 Å². The van der Waals surface area contributed by atoms with Crippen LogP contribution in [-0.2, 0) is 17.9 Å². The van der Waals surface area contributed by atoms with Crippen molar-refractivity contribution in [3.8, 4) is 17.5 Å². The number of ether oxygens (including phenoxy) is 1. The number of thioether (sulfide) groups is 1. The molecular formula is C27H30Cl2N2O5S. The Kier molecular flexibility index (Phi) is 9.18. The van der Waals surface area contributed by atoms with E-state index in [1.807, 2.05) is 24.3 Å². The number of benzene rings is 2. The van der Waals surface area contributed by atoms with Crippen LogP contribution in [0.15, 0.2) is 53.4 Å². The van der Waals surface area contributed by atoms with Gasteiger partial charge in [-0.3, -0.25) is 14.3 Å². The van der Waals surface area contributed by atoms with Gasteiger partial charge in [0.05, 0.1) is 23.6 Å². The molecule has 1 aliphatic carbocycles. The van der Waals surface area contributed by atoms with Crippen LogP contribution in [0.5, 0.6) is 17.5 Å². The third-order valence-electron chi connectivity index (χ3n) is 6.45. The summed E-state index contributed by atoms with van der Waals surface area (Å²) in [6.07, 6.45) is 2.24. The minimum absolute atomic E-state index is 0.0223. The van der Waals surface area contributed by atoms with E-state index in [0.717, 1.165) is 41.2 Å². The molecule has 0 spiro atoms. The number of carboxylic acids is 1. The van der Waals surface area contributed by atoms with Gasteiger partial charge >= 0.3 is 5.97 Å². The second-order valence-electron chi connectivity index (χ2n) is 9.20. The summed E-state index contributed by atoms with van der Waals surface area (Å²) in [7, 11) is 1.62. The number of methoxy groups -OCH3 is 1. The number of halogens is 2. The first-order valence-electron chi connectivity index (χ1n) is 12.0. The SMILES string of the molecule is COc1cc(CN(CC2CC2)C(CC(=O)O)c2ccc(Cl)c(Cl)c2)ccc1SCCn1c(O)ccc1O. The van der Waals surface area contributed by atoms with Crippen molar-refractivity contribution < 1.29 is 24.9 Å². The summed E-state index contributed by atoms with van der Waals surface area (Å²) in [6.45, 7) is 1.79. The number of carbonyl (C=O) groups is 1. The highest BCUT2D eigenvalue weighted by Gasteiger charge is 2.30. The van der Waals surface area contributed by atoms with Gasteiger partial charge in [0.25, 0.3) is 0 Å². The first-order valence-corrected chi connectivity index (χ1v) is 13.8. The van der Waals surface area contributed by atoms with E-state index in [0.29, 0.717) is 34.8 Å². The molecule has 0 saturated heterocycles. The van der Waals surface area contributed by atoms with Crippen LogP contribution in [0.4, 0.5) is 0 Å². The highest BCUT2D eigenvalue weighted by Crippen LogP contribution is 2.38. The lowest BCUT2D eigenvalue weighted by Gasteiger charge is -2.32. The van der Waals surface area contributed by atoms with E-state index >= 15 is 0 Å². The lowest BCUT2D eigenvalue weighted by Crippen LogP contribution is -2.32. The highest BCUT2D eigenvalue weighted by atomic mass is 35.5. The third kappa shape index (κ3) is 7.29. The molecule has 1 saturated carbocycles. The first kappa shape index (κ1) is 27.5. The molecule has 0 radical (unpaired) electrons. The lowest BCUT2D eigenvalue weighted by molar-refractivity contribution is -0.138. The predicted molar refractivity (Wildman–Crippen MR) is 146 cm³/mol. The number of hydrogen-bond donors (Lipinski definition) is 3. The zero-order valence-corrected chi connectivity index (χ0v) is 22.8. The Hall–Kier alpha value is -2.52. The maximum atomic E-state index is 11.8. The predicted octanol–water partition coefficient (Wildman–Crippen LogP) is 6.44. The fraction of sp³-hybridized carbons (Fsp3) is 0.370.